The molecule has 2 aromatic rings. The lowest BCUT2D eigenvalue weighted by Gasteiger charge is -1.97. The van der Waals surface area contributed by atoms with E-state index in [0.717, 1.165) is 17.8 Å². The average molecular weight is 203 g/mol. The minimum Gasteiger partial charge on any atom is -0.461 e. The third-order valence-electron chi connectivity index (χ3n) is 2.61. The van der Waals surface area contributed by atoms with Crippen molar-refractivity contribution < 1.29 is 4.42 Å². The van der Waals surface area contributed by atoms with Crippen LogP contribution in [0.5, 0.6) is 0 Å². The van der Waals surface area contributed by atoms with E-state index in [0.29, 0.717) is 12.5 Å². The van der Waals surface area contributed by atoms with Gasteiger partial charge in [0.25, 0.3) is 0 Å². The van der Waals surface area contributed by atoms with Crippen molar-refractivity contribution in [2.45, 2.75) is 26.2 Å². The quantitative estimate of drug-likeness (QED) is 0.832. The molecule has 0 saturated carbocycles. The maximum atomic E-state index is 5.78. The smallest absolute Gasteiger partial charge is 0.134 e. The zero-order valence-electron chi connectivity index (χ0n) is 9.29. The van der Waals surface area contributed by atoms with E-state index < -0.39 is 0 Å². The molecule has 2 heteroatoms. The van der Waals surface area contributed by atoms with Gasteiger partial charge in [-0.3, -0.25) is 0 Å². The minimum atomic E-state index is 0.440. The first kappa shape index (κ1) is 10.2. The van der Waals surface area contributed by atoms with Crippen LogP contribution < -0.4 is 5.73 Å². The summed E-state index contributed by atoms with van der Waals surface area (Å²) in [5.74, 6) is 1.49. The van der Waals surface area contributed by atoms with Gasteiger partial charge in [0.05, 0.1) is 0 Å². The van der Waals surface area contributed by atoms with E-state index in [2.05, 4.69) is 38.1 Å². The fraction of sp³-hybridized carbons (Fsp3) is 0.385. The zero-order valence-corrected chi connectivity index (χ0v) is 9.29. The lowest BCUT2D eigenvalue weighted by Crippen LogP contribution is -2.02. The molecule has 0 aliphatic rings. The predicted molar refractivity (Wildman–Crippen MR) is 63.1 cm³/mol. The predicted octanol–water partition coefficient (Wildman–Crippen LogP) is 3.06. The summed E-state index contributed by atoms with van der Waals surface area (Å²) in [4.78, 5) is 0. The van der Waals surface area contributed by atoms with Crippen molar-refractivity contribution in [2.24, 2.45) is 5.73 Å². The second kappa shape index (κ2) is 4.07. The molecule has 0 atom stereocenters. The van der Waals surface area contributed by atoms with Crippen LogP contribution in [-0.4, -0.2) is 6.54 Å². The van der Waals surface area contributed by atoms with Gasteiger partial charge < -0.3 is 10.2 Å². The van der Waals surface area contributed by atoms with Crippen molar-refractivity contribution in [1.82, 2.24) is 0 Å². The van der Waals surface area contributed by atoms with E-state index in [4.69, 9.17) is 10.2 Å². The lowest BCUT2D eigenvalue weighted by atomic mass is 10.1. The molecular formula is C13H17NO. The Morgan fingerprint density at radius 3 is 2.73 bits per heavy atom. The van der Waals surface area contributed by atoms with Crippen molar-refractivity contribution in [2.75, 3.05) is 6.54 Å². The summed E-state index contributed by atoms with van der Waals surface area (Å²) < 4.78 is 5.78. The van der Waals surface area contributed by atoms with Crippen molar-refractivity contribution in [1.29, 1.82) is 0 Å². The maximum absolute atomic E-state index is 5.78. The van der Waals surface area contributed by atoms with Crippen molar-refractivity contribution in [3.05, 3.63) is 35.6 Å². The van der Waals surface area contributed by atoms with Crippen LogP contribution in [0.15, 0.2) is 28.7 Å². The maximum Gasteiger partial charge on any atom is 0.134 e. The first-order valence-electron chi connectivity index (χ1n) is 5.43. The third kappa shape index (κ3) is 2.05. The molecule has 1 aromatic heterocycles. The Morgan fingerprint density at radius 1 is 1.27 bits per heavy atom. The van der Waals surface area contributed by atoms with E-state index in [1.165, 1.54) is 10.9 Å². The van der Waals surface area contributed by atoms with Gasteiger partial charge in [-0.2, -0.15) is 0 Å². The van der Waals surface area contributed by atoms with Gasteiger partial charge in [-0.1, -0.05) is 26.0 Å². The highest BCUT2D eigenvalue weighted by atomic mass is 16.3. The molecule has 0 aliphatic carbocycles. The molecule has 0 aliphatic heterocycles. The van der Waals surface area contributed by atoms with Gasteiger partial charge in [0.2, 0.25) is 0 Å². The van der Waals surface area contributed by atoms with Crippen LogP contribution in [0, 0.1) is 0 Å². The van der Waals surface area contributed by atoms with Gasteiger partial charge in [-0.05, 0) is 30.7 Å². The van der Waals surface area contributed by atoms with Crippen molar-refractivity contribution in [3.63, 3.8) is 0 Å². The summed E-state index contributed by atoms with van der Waals surface area (Å²) in [5.41, 5.74) is 7.75. The molecule has 0 fully saturated rings. The lowest BCUT2D eigenvalue weighted by molar-refractivity contribution is 0.521. The van der Waals surface area contributed by atoms with Gasteiger partial charge in [0.1, 0.15) is 11.3 Å². The van der Waals surface area contributed by atoms with Gasteiger partial charge in [-0.25, -0.2) is 0 Å². The first-order valence-corrected chi connectivity index (χ1v) is 5.43. The SMILES string of the molecule is CC(C)c1cc2ccc(CCN)cc2o1. The van der Waals surface area contributed by atoms with Crippen LogP contribution in [0.25, 0.3) is 11.0 Å². The first-order chi connectivity index (χ1) is 7.20. The Bertz CT molecular complexity index is 457. The fourth-order valence-electron chi connectivity index (χ4n) is 1.70. The molecule has 0 amide bonds. The van der Waals surface area contributed by atoms with Crippen molar-refractivity contribution in [3.8, 4) is 0 Å². The van der Waals surface area contributed by atoms with Crippen LogP contribution in [-0.2, 0) is 6.42 Å². The van der Waals surface area contributed by atoms with Crippen LogP contribution >= 0.6 is 0 Å². The summed E-state index contributed by atoms with van der Waals surface area (Å²) in [6, 6.07) is 8.44. The van der Waals surface area contributed by atoms with Gasteiger partial charge >= 0.3 is 0 Å². The largest absolute Gasteiger partial charge is 0.461 e. The highest BCUT2D eigenvalue weighted by Crippen LogP contribution is 2.25. The third-order valence-corrected chi connectivity index (χ3v) is 2.61. The van der Waals surface area contributed by atoms with Crippen LogP contribution in [0.2, 0.25) is 0 Å². The normalized spacial score (nSPS) is 11.5. The average Bonchev–Trinajstić information content (AvgIpc) is 2.61. The monoisotopic (exact) mass is 203 g/mol. The van der Waals surface area contributed by atoms with Crippen LogP contribution in [0.3, 0.4) is 0 Å². The number of hydrogen-bond donors (Lipinski definition) is 1. The molecule has 0 bridgehead atoms. The van der Waals surface area contributed by atoms with Crippen molar-refractivity contribution >= 4 is 11.0 Å². The highest BCUT2D eigenvalue weighted by Gasteiger charge is 2.07. The molecular weight excluding hydrogens is 186 g/mol. The molecule has 0 radical (unpaired) electrons. The molecule has 0 unspecified atom stereocenters. The summed E-state index contributed by atoms with van der Waals surface area (Å²) >= 11 is 0. The molecule has 15 heavy (non-hydrogen) atoms. The number of benzene rings is 1. The Labute approximate surface area is 90.1 Å². The molecule has 80 valence electrons. The molecule has 0 spiro atoms. The molecule has 0 saturated heterocycles. The Hall–Kier alpha value is -1.28. The Balaban J connectivity index is 2.43. The second-order valence-electron chi connectivity index (χ2n) is 4.21. The summed E-state index contributed by atoms with van der Waals surface area (Å²) in [6.45, 7) is 4.96. The number of nitrogens with two attached hydrogens (primary N) is 1. The molecule has 1 heterocycles. The summed E-state index contributed by atoms with van der Waals surface area (Å²) in [6.07, 6.45) is 0.910. The molecule has 2 nitrogen and oxygen atoms in total. The topological polar surface area (TPSA) is 39.2 Å². The van der Waals surface area contributed by atoms with Crippen LogP contribution in [0.4, 0.5) is 0 Å². The molecule has 2 N–H and O–H groups in total. The Morgan fingerprint density at radius 2 is 2.07 bits per heavy atom. The van der Waals surface area contributed by atoms with E-state index in [-0.39, 0.29) is 0 Å². The summed E-state index contributed by atoms with van der Waals surface area (Å²) in [7, 11) is 0. The number of furan rings is 1. The minimum absolute atomic E-state index is 0.440. The number of hydrogen-bond acceptors (Lipinski definition) is 2. The van der Waals surface area contributed by atoms with E-state index in [9.17, 15) is 0 Å². The Kier molecular flexibility index (Phi) is 2.78. The second-order valence-corrected chi connectivity index (χ2v) is 4.21. The van der Waals surface area contributed by atoms with Gasteiger partial charge in [0, 0.05) is 11.3 Å². The van der Waals surface area contributed by atoms with E-state index in [1.54, 1.807) is 0 Å². The zero-order chi connectivity index (χ0) is 10.8. The fourth-order valence-corrected chi connectivity index (χ4v) is 1.70. The number of rotatable bonds is 3. The van der Waals surface area contributed by atoms with E-state index >= 15 is 0 Å². The van der Waals surface area contributed by atoms with E-state index in [1.807, 2.05) is 0 Å². The molecule has 1 aromatic carbocycles. The molecule has 2 rings (SSSR count). The highest BCUT2D eigenvalue weighted by molar-refractivity contribution is 5.78. The summed E-state index contributed by atoms with van der Waals surface area (Å²) in [5, 5.41) is 1.18. The van der Waals surface area contributed by atoms with Gasteiger partial charge in [0.15, 0.2) is 0 Å². The van der Waals surface area contributed by atoms with Gasteiger partial charge in [-0.15, -0.1) is 0 Å². The number of fused-ring (bicyclic) bond motifs is 1. The van der Waals surface area contributed by atoms with Crippen LogP contribution in [0.1, 0.15) is 31.1 Å². The standard InChI is InChI=1S/C13H17NO/c1-9(2)12-8-11-4-3-10(5-6-14)7-13(11)15-12/h3-4,7-9H,5-6,14H2,1-2H3.